The SMILES string of the molecule is CCOC(=O)C(NS(=O)(=O)c1ccc(F)cc1)C1(SN=O)CCN(C)CC1. The van der Waals surface area contributed by atoms with Gasteiger partial charge in [-0.3, -0.25) is 4.79 Å². The molecule has 11 heteroatoms. The molecule has 1 N–H and O–H groups in total. The van der Waals surface area contributed by atoms with Gasteiger partial charge in [0, 0.05) is 16.5 Å². The largest absolute Gasteiger partial charge is 0.465 e. The van der Waals surface area contributed by atoms with Crippen molar-refractivity contribution >= 4 is 27.9 Å². The Morgan fingerprint density at radius 3 is 2.48 bits per heavy atom. The Morgan fingerprint density at radius 2 is 1.96 bits per heavy atom. The summed E-state index contributed by atoms with van der Waals surface area (Å²) in [6.07, 6.45) is 0.741. The number of halogens is 1. The highest BCUT2D eigenvalue weighted by Crippen LogP contribution is 2.40. The number of ether oxygens (including phenoxy) is 1. The number of nitroso groups, excluding NO2 is 1. The van der Waals surface area contributed by atoms with E-state index in [1.54, 1.807) is 6.92 Å². The number of hydrogen-bond donors (Lipinski definition) is 1. The lowest BCUT2D eigenvalue weighted by Gasteiger charge is -2.41. The zero-order chi connectivity index (χ0) is 20.1. The number of piperidine rings is 1. The third-order valence-electron chi connectivity index (χ3n) is 4.50. The molecule has 1 unspecified atom stereocenters. The Hall–Kier alpha value is -1.56. The van der Waals surface area contributed by atoms with Gasteiger partial charge in [0.25, 0.3) is 0 Å². The molecule has 0 bridgehead atoms. The molecule has 0 aliphatic carbocycles. The minimum atomic E-state index is -4.15. The van der Waals surface area contributed by atoms with E-state index < -0.39 is 32.6 Å². The molecule has 0 spiro atoms. The van der Waals surface area contributed by atoms with Crippen LogP contribution in [0.5, 0.6) is 0 Å². The van der Waals surface area contributed by atoms with Crippen LogP contribution >= 0.6 is 11.9 Å². The highest BCUT2D eigenvalue weighted by molar-refractivity contribution is 7.99. The van der Waals surface area contributed by atoms with Crippen LogP contribution in [0.4, 0.5) is 4.39 Å². The third kappa shape index (κ3) is 5.24. The van der Waals surface area contributed by atoms with Crippen LogP contribution < -0.4 is 4.72 Å². The molecule has 0 radical (unpaired) electrons. The van der Waals surface area contributed by atoms with Crippen molar-refractivity contribution in [3.05, 3.63) is 35.0 Å². The average Bonchev–Trinajstić information content (AvgIpc) is 2.63. The molecule has 8 nitrogen and oxygen atoms in total. The molecule has 1 saturated heterocycles. The van der Waals surface area contributed by atoms with E-state index in [1.807, 2.05) is 11.9 Å². The number of likely N-dealkylation sites (tertiary alicyclic amines) is 1. The van der Waals surface area contributed by atoms with Crippen LogP contribution in [-0.2, 0) is 19.6 Å². The summed E-state index contributed by atoms with van der Waals surface area (Å²) in [5.74, 6) is -1.35. The third-order valence-corrected chi connectivity index (χ3v) is 7.02. The van der Waals surface area contributed by atoms with Gasteiger partial charge in [-0.05, 0) is 64.2 Å². The Kier molecular flexibility index (Phi) is 7.32. The predicted octanol–water partition coefficient (Wildman–Crippen LogP) is 1.91. The van der Waals surface area contributed by atoms with Crippen LogP contribution in [0, 0.1) is 10.7 Å². The molecule has 1 aliphatic rings. The van der Waals surface area contributed by atoms with Crippen molar-refractivity contribution in [3.8, 4) is 0 Å². The monoisotopic (exact) mass is 419 g/mol. The summed E-state index contributed by atoms with van der Waals surface area (Å²) < 4.78 is 47.9. The molecule has 0 aromatic heterocycles. The number of sulfonamides is 1. The number of benzene rings is 1. The first-order valence-electron chi connectivity index (χ1n) is 8.38. The molecule has 27 heavy (non-hydrogen) atoms. The summed E-state index contributed by atoms with van der Waals surface area (Å²) in [6.45, 7) is 2.80. The second kappa shape index (κ2) is 9.09. The first-order valence-corrected chi connectivity index (χ1v) is 10.6. The highest BCUT2D eigenvalue weighted by Gasteiger charge is 2.49. The van der Waals surface area contributed by atoms with Crippen molar-refractivity contribution in [1.29, 1.82) is 0 Å². The Labute approximate surface area is 162 Å². The van der Waals surface area contributed by atoms with E-state index in [2.05, 4.69) is 9.30 Å². The molecular formula is C16H22FN3O5S2. The van der Waals surface area contributed by atoms with Crippen LogP contribution in [0.3, 0.4) is 0 Å². The average molecular weight is 420 g/mol. The van der Waals surface area contributed by atoms with Gasteiger partial charge in [0.15, 0.2) is 0 Å². The number of esters is 1. The first-order chi connectivity index (χ1) is 12.7. The van der Waals surface area contributed by atoms with Crippen molar-refractivity contribution in [3.63, 3.8) is 0 Å². The number of nitrogens with zero attached hydrogens (tertiary/aromatic N) is 2. The highest BCUT2D eigenvalue weighted by atomic mass is 32.2. The van der Waals surface area contributed by atoms with Gasteiger partial charge in [-0.1, -0.05) is 0 Å². The Balaban J connectivity index is 2.39. The van der Waals surface area contributed by atoms with Gasteiger partial charge in [-0.15, -0.1) is 4.91 Å². The Morgan fingerprint density at radius 1 is 1.37 bits per heavy atom. The quantitative estimate of drug-likeness (QED) is 0.390. The summed E-state index contributed by atoms with van der Waals surface area (Å²) in [4.78, 5) is 25.5. The van der Waals surface area contributed by atoms with Crippen LogP contribution in [0.25, 0.3) is 0 Å². The van der Waals surface area contributed by atoms with Crippen molar-refractivity contribution < 1.29 is 22.3 Å². The topological polar surface area (TPSA) is 105 Å². The number of carbonyl (C=O) groups is 1. The molecular weight excluding hydrogens is 397 g/mol. The second-order valence-electron chi connectivity index (χ2n) is 6.29. The Bertz CT molecular complexity index is 765. The first kappa shape index (κ1) is 21.7. The number of hydrogen-bond acceptors (Lipinski definition) is 8. The maximum absolute atomic E-state index is 13.1. The van der Waals surface area contributed by atoms with E-state index in [1.165, 1.54) is 0 Å². The van der Waals surface area contributed by atoms with Crippen LogP contribution in [0.1, 0.15) is 19.8 Å². The van der Waals surface area contributed by atoms with Gasteiger partial charge in [-0.2, -0.15) is 4.72 Å². The van der Waals surface area contributed by atoms with Crippen molar-refractivity contribution in [1.82, 2.24) is 9.62 Å². The van der Waals surface area contributed by atoms with Gasteiger partial charge in [0.2, 0.25) is 10.0 Å². The molecule has 1 fully saturated rings. The standard InChI is InChI=1S/C16H22FN3O5S2/c1-3-25-15(21)14(16(26-19-22)8-10-20(2)11-9-16)18-27(23,24)13-6-4-12(17)5-7-13/h4-7,14,18H,3,8-11H2,1-2H3. The zero-order valence-electron chi connectivity index (χ0n) is 15.1. The number of nitrogens with one attached hydrogen (secondary N) is 1. The molecule has 0 saturated carbocycles. The minimum Gasteiger partial charge on any atom is -0.465 e. The van der Waals surface area contributed by atoms with Crippen molar-refractivity contribution in [2.75, 3.05) is 26.7 Å². The maximum atomic E-state index is 13.1. The van der Waals surface area contributed by atoms with Crippen molar-refractivity contribution in [2.24, 2.45) is 4.58 Å². The molecule has 1 aliphatic heterocycles. The molecule has 150 valence electrons. The normalized spacial score (nSPS) is 18.6. The van der Waals surface area contributed by atoms with Crippen LogP contribution in [-0.4, -0.2) is 56.8 Å². The molecule has 1 aromatic rings. The fourth-order valence-corrected chi connectivity index (χ4v) is 5.05. The summed E-state index contributed by atoms with van der Waals surface area (Å²) in [7, 11) is -2.25. The molecule has 0 amide bonds. The smallest absolute Gasteiger partial charge is 0.325 e. The van der Waals surface area contributed by atoms with E-state index in [9.17, 15) is 22.5 Å². The van der Waals surface area contributed by atoms with Gasteiger partial charge >= 0.3 is 5.97 Å². The summed E-state index contributed by atoms with van der Waals surface area (Å²) in [5, 5.41) is 0. The number of rotatable bonds is 8. The van der Waals surface area contributed by atoms with E-state index in [4.69, 9.17) is 4.74 Å². The van der Waals surface area contributed by atoms with E-state index in [-0.39, 0.29) is 11.5 Å². The lowest BCUT2D eigenvalue weighted by Crippen LogP contribution is -2.59. The predicted molar refractivity (Wildman–Crippen MR) is 100.0 cm³/mol. The fourth-order valence-electron chi connectivity index (χ4n) is 2.94. The maximum Gasteiger partial charge on any atom is 0.325 e. The molecule has 1 aromatic carbocycles. The van der Waals surface area contributed by atoms with Gasteiger partial charge < -0.3 is 9.64 Å². The van der Waals surface area contributed by atoms with Gasteiger partial charge in [0.1, 0.15) is 11.9 Å². The fraction of sp³-hybridized carbons (Fsp3) is 0.562. The lowest BCUT2D eigenvalue weighted by molar-refractivity contribution is -0.146. The second-order valence-corrected chi connectivity index (χ2v) is 9.15. The molecule has 1 heterocycles. The van der Waals surface area contributed by atoms with E-state index >= 15 is 0 Å². The zero-order valence-corrected chi connectivity index (χ0v) is 16.7. The van der Waals surface area contributed by atoms with Crippen molar-refractivity contribution in [2.45, 2.75) is 35.4 Å². The summed E-state index contributed by atoms with van der Waals surface area (Å²) in [6, 6.07) is 2.93. The minimum absolute atomic E-state index is 0.0583. The van der Waals surface area contributed by atoms with E-state index in [0.29, 0.717) is 37.9 Å². The number of carbonyl (C=O) groups excluding carboxylic acids is 1. The van der Waals surface area contributed by atoms with Crippen LogP contribution in [0.2, 0.25) is 0 Å². The molecule has 2 rings (SSSR count). The summed E-state index contributed by atoms with van der Waals surface area (Å²) in [5.41, 5.74) is 0. The van der Waals surface area contributed by atoms with Crippen LogP contribution in [0.15, 0.2) is 33.7 Å². The summed E-state index contributed by atoms with van der Waals surface area (Å²) >= 11 is 0.657. The van der Waals surface area contributed by atoms with Gasteiger partial charge in [-0.25, -0.2) is 12.8 Å². The molecule has 1 atom stereocenters. The lowest BCUT2D eigenvalue weighted by atomic mass is 9.88. The van der Waals surface area contributed by atoms with E-state index in [0.717, 1.165) is 24.3 Å². The van der Waals surface area contributed by atoms with Gasteiger partial charge in [0.05, 0.1) is 16.2 Å².